The van der Waals surface area contributed by atoms with E-state index in [4.69, 9.17) is 11.3 Å². The minimum absolute atomic E-state index is 0.0529. The maximum Gasteiger partial charge on any atom is 0.277 e. The van der Waals surface area contributed by atoms with Crippen LogP contribution in [-0.2, 0) is 6.37 Å². The second-order valence-corrected chi connectivity index (χ2v) is 12.6. The second-order valence-electron chi connectivity index (χ2n) is 8.86. The van der Waals surface area contributed by atoms with Crippen molar-refractivity contribution in [1.29, 1.82) is 0 Å². The maximum atomic E-state index is 8.75. The van der Waals surface area contributed by atoms with Gasteiger partial charge in [0.25, 0.3) is 8.32 Å². The van der Waals surface area contributed by atoms with Crippen molar-refractivity contribution in [3.05, 3.63) is 65.9 Å². The first-order valence-electron chi connectivity index (χ1n) is 12.1. The molecule has 2 aromatic carbocycles. The van der Waals surface area contributed by atoms with Gasteiger partial charge in [0.2, 0.25) is 0 Å². The van der Waals surface area contributed by atoms with Gasteiger partial charge in [-0.05, 0) is 65.7 Å². The van der Waals surface area contributed by atoms with Crippen molar-refractivity contribution < 1.29 is 11.3 Å². The van der Waals surface area contributed by atoms with Gasteiger partial charge in [-0.15, -0.1) is 0 Å². The summed E-state index contributed by atoms with van der Waals surface area (Å²) in [4.78, 5) is 4.43. The molecule has 3 aromatic rings. The first-order valence-corrected chi connectivity index (χ1v) is 12.5. The zero-order chi connectivity index (χ0) is 24.4. The number of rotatable bonds is 2. The number of hydrogen-bond donors (Lipinski definition) is 0. The molecule has 0 aliphatic carbocycles. The van der Waals surface area contributed by atoms with E-state index < -0.39 is 27.0 Å². The van der Waals surface area contributed by atoms with Crippen molar-refractivity contribution >= 4 is 13.5 Å². The Labute approximate surface area is 176 Å². The molecule has 0 fully saturated rings. The van der Waals surface area contributed by atoms with E-state index in [1.54, 1.807) is 26.8 Å². The lowest BCUT2D eigenvalue weighted by atomic mass is 9.86. The van der Waals surface area contributed by atoms with Crippen LogP contribution in [0.2, 0.25) is 13.1 Å². The van der Waals surface area contributed by atoms with E-state index >= 15 is 0 Å². The normalized spacial score (nSPS) is 18.4. The van der Waals surface area contributed by atoms with Crippen molar-refractivity contribution in [2.45, 2.75) is 47.1 Å². The van der Waals surface area contributed by atoms with E-state index in [2.05, 4.69) is 30.2 Å². The third kappa shape index (κ3) is 3.51. The summed E-state index contributed by atoms with van der Waals surface area (Å²) in [5, 5.41) is 1.26. The van der Waals surface area contributed by atoms with E-state index in [0.29, 0.717) is 5.69 Å². The van der Waals surface area contributed by atoms with Gasteiger partial charge in [0.05, 0.1) is 5.69 Å². The predicted molar refractivity (Wildman–Crippen MR) is 121 cm³/mol. The monoisotopic (exact) mass is 392 g/mol. The molecule has 4 rings (SSSR count). The average molecular weight is 393 g/mol. The molecule has 3 heteroatoms. The number of aromatic nitrogens is 1. The molecule has 0 saturated carbocycles. The smallest absolute Gasteiger partial charge is 0.277 e. The first kappa shape index (κ1) is 13.7. The Bertz CT molecular complexity index is 1230. The predicted octanol–water partition coefficient (Wildman–Crippen LogP) is 6.12. The van der Waals surface area contributed by atoms with Crippen LogP contribution in [0, 0.1) is 12.3 Å². The minimum Gasteiger partial charge on any atom is -0.539 e. The lowest BCUT2D eigenvalue weighted by molar-refractivity contribution is 0.410. The Morgan fingerprint density at radius 1 is 1.07 bits per heavy atom. The molecular formula is C25H29NOSi. The summed E-state index contributed by atoms with van der Waals surface area (Å²) < 4.78 is 47.8. The molecule has 0 saturated heterocycles. The molecule has 1 aliphatic heterocycles. The highest BCUT2D eigenvalue weighted by Gasteiger charge is 2.35. The van der Waals surface area contributed by atoms with Crippen LogP contribution in [0.4, 0.5) is 0 Å². The van der Waals surface area contributed by atoms with Gasteiger partial charge >= 0.3 is 0 Å². The van der Waals surface area contributed by atoms with Crippen LogP contribution in [0.1, 0.15) is 38.8 Å². The van der Waals surface area contributed by atoms with Gasteiger partial charge in [-0.1, -0.05) is 57.2 Å². The molecule has 0 bridgehead atoms. The van der Waals surface area contributed by atoms with Crippen molar-refractivity contribution in [2.75, 3.05) is 0 Å². The minimum atomic E-state index is -2.46. The van der Waals surface area contributed by atoms with Crippen LogP contribution in [0.15, 0.2) is 54.7 Å². The standard InChI is InChI=1S/C25H29NOSi/c1-17-16-26-22(13-19(17)15-25(2,3)4)18-11-12-20-21-9-7-8-10-24(21)28(5,6)27-23(20)14-18/h7-14,16H,15H2,1-6H3/i1D3,15D2. The summed E-state index contributed by atoms with van der Waals surface area (Å²) in [5.74, 6) is 0.782. The third-order valence-corrected chi connectivity index (χ3v) is 7.39. The van der Waals surface area contributed by atoms with Crippen LogP contribution in [-0.4, -0.2) is 13.3 Å². The number of benzene rings is 2. The van der Waals surface area contributed by atoms with E-state index in [-0.39, 0.29) is 11.1 Å². The van der Waals surface area contributed by atoms with E-state index in [9.17, 15) is 0 Å². The largest absolute Gasteiger partial charge is 0.539 e. The summed E-state index contributed by atoms with van der Waals surface area (Å²) in [6.45, 7) is 7.19. The summed E-state index contributed by atoms with van der Waals surface area (Å²) in [7, 11) is -2.14. The third-order valence-electron chi connectivity index (χ3n) is 4.92. The summed E-state index contributed by atoms with van der Waals surface area (Å²) in [5.41, 5.74) is 2.78. The molecule has 0 spiro atoms. The van der Waals surface area contributed by atoms with Gasteiger partial charge < -0.3 is 4.43 Å². The molecule has 1 aromatic heterocycles. The molecule has 0 unspecified atom stereocenters. The topological polar surface area (TPSA) is 22.1 Å². The number of fused-ring (bicyclic) bond motifs is 3. The summed E-state index contributed by atoms with van der Waals surface area (Å²) in [6.07, 6.45) is -0.567. The molecule has 2 nitrogen and oxygen atoms in total. The molecule has 2 heterocycles. The van der Waals surface area contributed by atoms with Gasteiger partial charge in [0.15, 0.2) is 0 Å². The number of hydrogen-bond acceptors (Lipinski definition) is 2. The van der Waals surface area contributed by atoms with Gasteiger partial charge in [-0.2, -0.15) is 0 Å². The highest BCUT2D eigenvalue weighted by molar-refractivity contribution is 6.86. The maximum absolute atomic E-state index is 8.75. The number of aryl methyl sites for hydroxylation is 1. The van der Waals surface area contributed by atoms with Gasteiger partial charge in [-0.3, -0.25) is 4.98 Å². The molecule has 1 aliphatic rings. The first-order chi connectivity index (χ1) is 15.1. The lowest BCUT2D eigenvalue weighted by Gasteiger charge is -2.33. The van der Waals surface area contributed by atoms with Crippen molar-refractivity contribution in [3.63, 3.8) is 0 Å². The van der Waals surface area contributed by atoms with E-state index in [0.717, 1.165) is 16.9 Å². The number of nitrogens with zero attached hydrogens (tertiary/aromatic N) is 1. The highest BCUT2D eigenvalue weighted by Crippen LogP contribution is 2.39. The Morgan fingerprint density at radius 3 is 2.61 bits per heavy atom. The van der Waals surface area contributed by atoms with Crippen LogP contribution in [0.25, 0.3) is 22.4 Å². The second kappa shape index (κ2) is 6.59. The SMILES string of the molecule is [2H]C([2H])([2H])c1cnc(-c2ccc3c(c2)O[Si](C)(C)c2ccccc2-3)cc1C([2H])([2H])C(C)(C)C. The molecule has 0 atom stereocenters. The van der Waals surface area contributed by atoms with Crippen LogP contribution >= 0.6 is 0 Å². The lowest BCUT2D eigenvalue weighted by Crippen LogP contribution is -2.50. The molecular weight excluding hydrogens is 358 g/mol. The quantitative estimate of drug-likeness (QED) is 0.490. The fourth-order valence-electron chi connectivity index (χ4n) is 3.68. The number of pyridine rings is 1. The Hall–Kier alpha value is -2.39. The van der Waals surface area contributed by atoms with E-state index in [1.807, 2.05) is 30.3 Å². The Morgan fingerprint density at radius 2 is 1.86 bits per heavy atom. The fraction of sp³-hybridized carbons (Fsp3) is 0.320. The van der Waals surface area contributed by atoms with Crippen molar-refractivity contribution in [3.8, 4) is 28.1 Å². The molecule has 0 N–H and O–H groups in total. The van der Waals surface area contributed by atoms with Crippen molar-refractivity contribution in [2.24, 2.45) is 5.41 Å². The molecule has 144 valence electrons. The van der Waals surface area contributed by atoms with Crippen LogP contribution in [0.3, 0.4) is 0 Å². The summed E-state index contributed by atoms with van der Waals surface area (Å²) >= 11 is 0. The summed E-state index contributed by atoms with van der Waals surface area (Å²) in [6, 6.07) is 15.8. The fourth-order valence-corrected chi connectivity index (χ4v) is 5.87. The molecule has 0 radical (unpaired) electrons. The Balaban J connectivity index is 1.88. The molecule has 28 heavy (non-hydrogen) atoms. The zero-order valence-corrected chi connectivity index (χ0v) is 18.1. The van der Waals surface area contributed by atoms with Crippen LogP contribution < -0.4 is 9.61 Å². The van der Waals surface area contributed by atoms with Crippen molar-refractivity contribution in [1.82, 2.24) is 4.98 Å². The van der Waals surface area contributed by atoms with Gasteiger partial charge in [-0.25, -0.2) is 0 Å². The zero-order valence-electron chi connectivity index (χ0n) is 22.1. The Kier molecular flexibility index (Phi) is 3.23. The van der Waals surface area contributed by atoms with Crippen LogP contribution in [0.5, 0.6) is 5.75 Å². The highest BCUT2D eigenvalue weighted by atomic mass is 28.4. The average Bonchev–Trinajstić information content (AvgIpc) is 2.71. The van der Waals surface area contributed by atoms with Gasteiger partial charge in [0.1, 0.15) is 5.75 Å². The van der Waals surface area contributed by atoms with Gasteiger partial charge in [0, 0.05) is 24.2 Å². The molecule has 0 amide bonds. The van der Waals surface area contributed by atoms with E-state index in [1.165, 1.54) is 16.9 Å².